The van der Waals surface area contributed by atoms with Crippen LogP contribution in [0.4, 0.5) is 0 Å². The first-order valence-electron chi connectivity index (χ1n) is 6.71. The molecule has 0 aromatic carbocycles. The maximum Gasteiger partial charge on any atom is 0.243 e. The van der Waals surface area contributed by atoms with E-state index in [-0.39, 0.29) is 11.8 Å². The number of furan rings is 1. The molecule has 3 rings (SSSR count). The van der Waals surface area contributed by atoms with Crippen LogP contribution in [0.15, 0.2) is 35.5 Å². The molecule has 2 aromatic rings. The van der Waals surface area contributed by atoms with Gasteiger partial charge in [0, 0.05) is 6.54 Å². The Balaban J connectivity index is 1.56. The monoisotopic (exact) mass is 275 g/mol. The Kier molecular flexibility index (Phi) is 3.78. The van der Waals surface area contributed by atoms with Crippen LogP contribution in [0.3, 0.4) is 0 Å². The summed E-state index contributed by atoms with van der Waals surface area (Å²) < 4.78 is 6.83. The molecule has 0 bridgehead atoms. The predicted molar refractivity (Wildman–Crippen MR) is 71.1 cm³/mol. The van der Waals surface area contributed by atoms with Crippen molar-refractivity contribution < 1.29 is 9.21 Å². The first kappa shape index (κ1) is 12.9. The molecular formula is C13H17N5O2. The fraction of sp³-hybridized carbons (Fsp3) is 0.462. The number of amides is 1. The van der Waals surface area contributed by atoms with Crippen molar-refractivity contribution in [3.05, 3.63) is 36.8 Å². The van der Waals surface area contributed by atoms with Gasteiger partial charge in [-0.15, -0.1) is 10.2 Å². The van der Waals surface area contributed by atoms with Crippen LogP contribution in [0.1, 0.15) is 18.6 Å². The summed E-state index contributed by atoms with van der Waals surface area (Å²) in [4.78, 5) is 14.4. The average molecular weight is 275 g/mol. The molecule has 1 aliphatic heterocycles. The number of aromatic nitrogens is 3. The largest absolute Gasteiger partial charge is 0.468 e. The quantitative estimate of drug-likeness (QED) is 0.895. The molecule has 2 aromatic heterocycles. The predicted octanol–water partition coefficient (Wildman–Crippen LogP) is 0.853. The lowest BCUT2D eigenvalue weighted by atomic mass is 9.97. The molecule has 20 heavy (non-hydrogen) atoms. The molecule has 106 valence electrons. The van der Waals surface area contributed by atoms with E-state index < -0.39 is 0 Å². The van der Waals surface area contributed by atoms with Crippen molar-refractivity contribution in [1.82, 2.24) is 19.8 Å². The van der Waals surface area contributed by atoms with Crippen molar-refractivity contribution in [3.8, 4) is 0 Å². The van der Waals surface area contributed by atoms with Gasteiger partial charge < -0.3 is 4.42 Å². The maximum absolute atomic E-state index is 12.2. The Morgan fingerprint density at radius 1 is 1.45 bits per heavy atom. The summed E-state index contributed by atoms with van der Waals surface area (Å²) in [6, 6.07) is 3.84. The number of carbonyl (C=O) groups is 1. The lowest BCUT2D eigenvalue weighted by molar-refractivity contribution is -0.122. The Hall–Kier alpha value is -2.15. The Bertz CT molecular complexity index is 537. The highest BCUT2D eigenvalue weighted by molar-refractivity contribution is 5.86. The minimum atomic E-state index is -0.0129. The summed E-state index contributed by atoms with van der Waals surface area (Å²) in [6.07, 6.45) is 6.54. The zero-order chi connectivity index (χ0) is 13.8. The molecule has 1 amide bonds. The van der Waals surface area contributed by atoms with Gasteiger partial charge in [0.05, 0.1) is 18.7 Å². The molecule has 1 fully saturated rings. The zero-order valence-corrected chi connectivity index (χ0v) is 11.1. The van der Waals surface area contributed by atoms with Gasteiger partial charge in [0.1, 0.15) is 18.4 Å². The molecule has 0 radical (unpaired) electrons. The molecule has 0 spiro atoms. The van der Waals surface area contributed by atoms with E-state index in [1.807, 2.05) is 12.1 Å². The van der Waals surface area contributed by atoms with Gasteiger partial charge in [-0.2, -0.15) is 0 Å². The molecule has 3 heterocycles. The minimum Gasteiger partial charge on any atom is -0.468 e. The highest BCUT2D eigenvalue weighted by Crippen LogP contribution is 2.19. The number of piperidine rings is 1. The SMILES string of the molecule is O=C(Nn1cnnc1)[C@H]1CCCN(Cc2ccco2)C1. The molecule has 1 saturated heterocycles. The molecule has 0 aliphatic carbocycles. The second-order valence-corrected chi connectivity index (χ2v) is 5.00. The maximum atomic E-state index is 12.2. The summed E-state index contributed by atoms with van der Waals surface area (Å²) in [7, 11) is 0. The van der Waals surface area contributed by atoms with Crippen LogP contribution in [-0.4, -0.2) is 38.8 Å². The van der Waals surface area contributed by atoms with Crippen LogP contribution >= 0.6 is 0 Å². The third kappa shape index (κ3) is 3.05. The molecule has 0 unspecified atom stereocenters. The van der Waals surface area contributed by atoms with Gasteiger partial charge in [0.25, 0.3) is 0 Å². The van der Waals surface area contributed by atoms with Crippen molar-refractivity contribution >= 4 is 5.91 Å². The Labute approximate surface area is 116 Å². The van der Waals surface area contributed by atoms with Crippen LogP contribution in [-0.2, 0) is 11.3 Å². The standard InChI is InChI=1S/C13H17N5O2/c19-13(16-18-9-14-15-10-18)11-3-1-5-17(7-11)8-12-4-2-6-20-12/h2,4,6,9-11H,1,3,5,7-8H2,(H,16,19)/t11-/m0/s1. The summed E-state index contributed by atoms with van der Waals surface area (Å²) in [5, 5.41) is 7.32. The number of nitrogens with one attached hydrogen (secondary N) is 1. The summed E-state index contributed by atoms with van der Waals surface area (Å²) in [5.74, 6) is 0.930. The first-order valence-corrected chi connectivity index (χ1v) is 6.71. The molecule has 1 aliphatic rings. The van der Waals surface area contributed by atoms with Gasteiger partial charge >= 0.3 is 0 Å². The number of likely N-dealkylation sites (tertiary alicyclic amines) is 1. The molecule has 0 saturated carbocycles. The van der Waals surface area contributed by atoms with Gasteiger partial charge in [0.15, 0.2) is 0 Å². The molecular weight excluding hydrogens is 258 g/mol. The third-order valence-corrected chi connectivity index (χ3v) is 3.49. The summed E-state index contributed by atoms with van der Waals surface area (Å²) in [6.45, 7) is 2.50. The van der Waals surface area contributed by atoms with Crippen molar-refractivity contribution in [1.29, 1.82) is 0 Å². The van der Waals surface area contributed by atoms with E-state index in [4.69, 9.17) is 4.42 Å². The third-order valence-electron chi connectivity index (χ3n) is 3.49. The van der Waals surface area contributed by atoms with Crippen molar-refractivity contribution in [3.63, 3.8) is 0 Å². The summed E-state index contributed by atoms with van der Waals surface area (Å²) >= 11 is 0. The van der Waals surface area contributed by atoms with Gasteiger partial charge in [0.2, 0.25) is 5.91 Å². The fourth-order valence-electron chi connectivity index (χ4n) is 2.51. The zero-order valence-electron chi connectivity index (χ0n) is 11.1. The highest BCUT2D eigenvalue weighted by atomic mass is 16.3. The van der Waals surface area contributed by atoms with E-state index in [0.29, 0.717) is 0 Å². The Morgan fingerprint density at radius 2 is 2.30 bits per heavy atom. The topological polar surface area (TPSA) is 76.2 Å². The smallest absolute Gasteiger partial charge is 0.243 e. The van der Waals surface area contributed by atoms with E-state index in [9.17, 15) is 4.79 Å². The molecule has 7 nitrogen and oxygen atoms in total. The van der Waals surface area contributed by atoms with Gasteiger partial charge in [-0.25, -0.2) is 4.68 Å². The fourth-order valence-corrected chi connectivity index (χ4v) is 2.51. The highest BCUT2D eigenvalue weighted by Gasteiger charge is 2.26. The van der Waals surface area contributed by atoms with Crippen molar-refractivity contribution in [2.24, 2.45) is 5.92 Å². The van der Waals surface area contributed by atoms with Crippen LogP contribution in [0.25, 0.3) is 0 Å². The van der Waals surface area contributed by atoms with Crippen LogP contribution in [0.2, 0.25) is 0 Å². The van der Waals surface area contributed by atoms with Gasteiger partial charge in [-0.1, -0.05) is 0 Å². The second-order valence-electron chi connectivity index (χ2n) is 5.00. The number of carbonyl (C=O) groups excluding carboxylic acids is 1. The number of rotatable bonds is 4. The van der Waals surface area contributed by atoms with E-state index in [1.54, 1.807) is 6.26 Å². The van der Waals surface area contributed by atoms with E-state index in [2.05, 4.69) is 20.5 Å². The number of hydrogen-bond acceptors (Lipinski definition) is 5. The molecule has 1 N–H and O–H groups in total. The first-order chi connectivity index (χ1) is 9.81. The molecule has 7 heteroatoms. The Morgan fingerprint density at radius 3 is 3.05 bits per heavy atom. The summed E-state index contributed by atoms with van der Waals surface area (Å²) in [5.41, 5.74) is 2.77. The van der Waals surface area contributed by atoms with Crippen LogP contribution in [0, 0.1) is 5.92 Å². The normalized spacial score (nSPS) is 19.9. The molecule has 1 atom stereocenters. The minimum absolute atomic E-state index is 0.00828. The van der Waals surface area contributed by atoms with Crippen LogP contribution in [0.5, 0.6) is 0 Å². The average Bonchev–Trinajstić information content (AvgIpc) is 3.12. The number of hydrogen-bond donors (Lipinski definition) is 1. The number of nitrogens with zero attached hydrogens (tertiary/aromatic N) is 4. The van der Waals surface area contributed by atoms with Gasteiger partial charge in [-0.05, 0) is 31.5 Å². The van der Waals surface area contributed by atoms with E-state index in [1.165, 1.54) is 17.3 Å². The van der Waals surface area contributed by atoms with E-state index >= 15 is 0 Å². The van der Waals surface area contributed by atoms with E-state index in [0.717, 1.165) is 38.2 Å². The lowest BCUT2D eigenvalue weighted by Crippen LogP contribution is -2.41. The second kappa shape index (κ2) is 5.87. The van der Waals surface area contributed by atoms with Crippen LogP contribution < -0.4 is 5.43 Å². The van der Waals surface area contributed by atoms with Crippen molar-refractivity contribution in [2.45, 2.75) is 19.4 Å². The van der Waals surface area contributed by atoms with Crippen molar-refractivity contribution in [2.75, 3.05) is 18.5 Å². The van der Waals surface area contributed by atoms with Gasteiger partial charge in [-0.3, -0.25) is 15.1 Å². The lowest BCUT2D eigenvalue weighted by Gasteiger charge is -2.31.